The predicted molar refractivity (Wildman–Crippen MR) is 68.5 cm³/mol. The number of anilines is 1. The van der Waals surface area contributed by atoms with Crippen LogP contribution in [0, 0.1) is 0 Å². The van der Waals surface area contributed by atoms with Crippen LogP contribution in [0.3, 0.4) is 0 Å². The van der Waals surface area contributed by atoms with Crippen LogP contribution >= 0.6 is 0 Å². The van der Waals surface area contributed by atoms with E-state index in [0.717, 1.165) is 6.42 Å². The molecule has 0 aliphatic rings. The summed E-state index contributed by atoms with van der Waals surface area (Å²) in [6.07, 6.45) is 2.25. The van der Waals surface area contributed by atoms with Crippen molar-refractivity contribution >= 4 is 15.7 Å². The Morgan fingerprint density at radius 1 is 1.53 bits per heavy atom. The summed E-state index contributed by atoms with van der Waals surface area (Å²) in [6, 6.07) is 3.35. The predicted octanol–water partition coefficient (Wildman–Crippen LogP) is 1.54. The van der Waals surface area contributed by atoms with Crippen LogP contribution in [0.2, 0.25) is 0 Å². The molecule has 0 fully saturated rings. The molecule has 0 amide bonds. The van der Waals surface area contributed by atoms with Crippen LogP contribution in [-0.2, 0) is 10.0 Å². The van der Waals surface area contributed by atoms with Gasteiger partial charge in [0.2, 0.25) is 0 Å². The number of nitrogens with zero attached hydrogens (tertiary/aromatic N) is 2. The molecule has 1 atom stereocenters. The molecule has 0 radical (unpaired) electrons. The van der Waals surface area contributed by atoms with Crippen LogP contribution in [0.25, 0.3) is 0 Å². The average molecular weight is 257 g/mol. The number of aromatic nitrogens is 1. The third-order valence-electron chi connectivity index (χ3n) is 2.88. The minimum atomic E-state index is -3.53. The lowest BCUT2D eigenvalue weighted by molar-refractivity contribution is 0.379. The summed E-state index contributed by atoms with van der Waals surface area (Å²) in [5, 5.41) is 2.92. The van der Waals surface area contributed by atoms with Crippen molar-refractivity contribution in [3.05, 3.63) is 18.3 Å². The Labute approximate surface area is 103 Å². The fraction of sp³-hybridized carbons (Fsp3) is 0.545. The molecular formula is C11H19N3O2S. The highest BCUT2D eigenvalue weighted by atomic mass is 32.2. The molecule has 0 aromatic carbocycles. The fourth-order valence-corrected chi connectivity index (χ4v) is 2.95. The van der Waals surface area contributed by atoms with E-state index in [1.807, 2.05) is 13.8 Å². The molecule has 0 bridgehead atoms. The summed E-state index contributed by atoms with van der Waals surface area (Å²) in [4.78, 5) is 3.97. The van der Waals surface area contributed by atoms with E-state index in [1.165, 1.54) is 10.5 Å². The standard InChI is InChI=1S/C11H19N3O2S/c1-5-9(2)14(4)17(15,16)11-10(12-3)7-6-8-13-11/h6-9,12H,5H2,1-4H3. The number of nitrogens with one attached hydrogen (secondary N) is 1. The molecule has 1 N–H and O–H groups in total. The van der Waals surface area contributed by atoms with Gasteiger partial charge in [-0.25, -0.2) is 13.4 Å². The average Bonchev–Trinajstić information content (AvgIpc) is 2.36. The van der Waals surface area contributed by atoms with E-state index >= 15 is 0 Å². The van der Waals surface area contributed by atoms with E-state index in [4.69, 9.17) is 0 Å². The molecule has 1 aromatic rings. The van der Waals surface area contributed by atoms with Gasteiger partial charge in [-0.2, -0.15) is 4.31 Å². The molecule has 1 rings (SSSR count). The van der Waals surface area contributed by atoms with Crippen molar-refractivity contribution in [1.82, 2.24) is 9.29 Å². The van der Waals surface area contributed by atoms with Gasteiger partial charge < -0.3 is 5.32 Å². The van der Waals surface area contributed by atoms with Gasteiger partial charge in [-0.05, 0) is 25.5 Å². The fourth-order valence-electron chi connectivity index (χ4n) is 1.42. The lowest BCUT2D eigenvalue weighted by atomic mass is 10.3. The topological polar surface area (TPSA) is 62.3 Å². The third-order valence-corrected chi connectivity index (χ3v) is 4.81. The van der Waals surface area contributed by atoms with Gasteiger partial charge in [0, 0.05) is 26.3 Å². The highest BCUT2D eigenvalue weighted by molar-refractivity contribution is 7.89. The molecule has 0 spiro atoms. The van der Waals surface area contributed by atoms with Crippen molar-refractivity contribution in [1.29, 1.82) is 0 Å². The van der Waals surface area contributed by atoms with Crippen LogP contribution in [0.15, 0.2) is 23.4 Å². The lowest BCUT2D eigenvalue weighted by Gasteiger charge is -2.23. The van der Waals surface area contributed by atoms with Gasteiger partial charge in [-0.3, -0.25) is 0 Å². The Hall–Kier alpha value is -1.14. The van der Waals surface area contributed by atoms with E-state index < -0.39 is 10.0 Å². The smallest absolute Gasteiger partial charge is 0.262 e. The van der Waals surface area contributed by atoms with E-state index in [2.05, 4.69) is 10.3 Å². The molecular weight excluding hydrogens is 238 g/mol. The van der Waals surface area contributed by atoms with Crippen LogP contribution in [0.1, 0.15) is 20.3 Å². The Morgan fingerprint density at radius 2 is 2.18 bits per heavy atom. The SMILES string of the molecule is CCC(C)N(C)S(=O)(=O)c1ncccc1NC. The maximum atomic E-state index is 12.3. The molecule has 0 aliphatic heterocycles. The molecule has 0 aliphatic carbocycles. The molecule has 5 nitrogen and oxygen atoms in total. The van der Waals surface area contributed by atoms with Crippen molar-refractivity contribution in [3.8, 4) is 0 Å². The second-order valence-corrected chi connectivity index (χ2v) is 5.80. The highest BCUT2D eigenvalue weighted by Gasteiger charge is 2.27. The Kier molecular flexibility index (Phi) is 4.47. The first-order valence-corrected chi connectivity index (χ1v) is 7.00. The zero-order valence-corrected chi connectivity index (χ0v) is 11.5. The molecule has 1 aromatic heterocycles. The quantitative estimate of drug-likeness (QED) is 0.869. The van der Waals surface area contributed by atoms with Crippen LogP contribution in [0.4, 0.5) is 5.69 Å². The summed E-state index contributed by atoms with van der Waals surface area (Å²) in [5.41, 5.74) is 0.516. The van der Waals surface area contributed by atoms with E-state index in [9.17, 15) is 8.42 Å². The minimum Gasteiger partial charge on any atom is -0.386 e. The Bertz CT molecular complexity index is 473. The first-order chi connectivity index (χ1) is 7.95. The Balaban J connectivity index is 3.22. The number of pyridine rings is 1. The van der Waals surface area contributed by atoms with Crippen molar-refractivity contribution in [2.24, 2.45) is 0 Å². The number of sulfonamides is 1. The van der Waals surface area contributed by atoms with Gasteiger partial charge in [0.25, 0.3) is 10.0 Å². The van der Waals surface area contributed by atoms with Gasteiger partial charge in [0.15, 0.2) is 5.03 Å². The van der Waals surface area contributed by atoms with Crippen LogP contribution in [-0.4, -0.2) is 37.8 Å². The van der Waals surface area contributed by atoms with Crippen LogP contribution < -0.4 is 5.32 Å². The van der Waals surface area contributed by atoms with E-state index in [1.54, 1.807) is 26.2 Å². The first kappa shape index (κ1) is 13.9. The second kappa shape index (κ2) is 5.46. The molecule has 17 heavy (non-hydrogen) atoms. The lowest BCUT2D eigenvalue weighted by Crippen LogP contribution is -2.35. The molecule has 6 heteroatoms. The van der Waals surface area contributed by atoms with Crippen molar-refractivity contribution in [3.63, 3.8) is 0 Å². The molecule has 1 unspecified atom stereocenters. The highest BCUT2D eigenvalue weighted by Crippen LogP contribution is 2.22. The number of rotatable bonds is 5. The van der Waals surface area contributed by atoms with Gasteiger partial charge in [0.05, 0.1) is 5.69 Å². The molecule has 0 saturated carbocycles. The second-order valence-electron chi connectivity index (χ2n) is 3.88. The minimum absolute atomic E-state index is 0.0493. The zero-order valence-electron chi connectivity index (χ0n) is 10.6. The van der Waals surface area contributed by atoms with Crippen molar-refractivity contribution in [2.45, 2.75) is 31.3 Å². The summed E-state index contributed by atoms with van der Waals surface area (Å²) >= 11 is 0. The van der Waals surface area contributed by atoms with Crippen molar-refractivity contribution in [2.75, 3.05) is 19.4 Å². The summed E-state index contributed by atoms with van der Waals surface area (Å²) in [6.45, 7) is 3.83. The summed E-state index contributed by atoms with van der Waals surface area (Å²) < 4.78 is 26.0. The number of hydrogen-bond acceptors (Lipinski definition) is 4. The maximum Gasteiger partial charge on any atom is 0.262 e. The zero-order chi connectivity index (χ0) is 13.1. The molecule has 1 heterocycles. The van der Waals surface area contributed by atoms with E-state index in [-0.39, 0.29) is 11.1 Å². The summed E-state index contributed by atoms with van der Waals surface area (Å²) in [7, 11) is -0.273. The van der Waals surface area contributed by atoms with Gasteiger partial charge in [0.1, 0.15) is 0 Å². The largest absolute Gasteiger partial charge is 0.386 e. The van der Waals surface area contributed by atoms with Crippen LogP contribution in [0.5, 0.6) is 0 Å². The monoisotopic (exact) mass is 257 g/mol. The normalized spacial score (nSPS) is 13.7. The first-order valence-electron chi connectivity index (χ1n) is 5.56. The third kappa shape index (κ3) is 2.76. The van der Waals surface area contributed by atoms with E-state index in [0.29, 0.717) is 5.69 Å². The molecule has 0 saturated heterocycles. The molecule has 96 valence electrons. The summed E-state index contributed by atoms with van der Waals surface area (Å²) in [5.74, 6) is 0. The van der Waals surface area contributed by atoms with Gasteiger partial charge in [-0.1, -0.05) is 6.92 Å². The van der Waals surface area contributed by atoms with Gasteiger partial charge in [-0.15, -0.1) is 0 Å². The van der Waals surface area contributed by atoms with Gasteiger partial charge >= 0.3 is 0 Å². The van der Waals surface area contributed by atoms with Crippen molar-refractivity contribution < 1.29 is 8.42 Å². The maximum absolute atomic E-state index is 12.3. The number of hydrogen-bond donors (Lipinski definition) is 1. The Morgan fingerprint density at radius 3 is 2.71 bits per heavy atom.